The summed E-state index contributed by atoms with van der Waals surface area (Å²) in [5.74, 6) is 0.995. The van der Waals surface area contributed by atoms with E-state index >= 15 is 0 Å². The van der Waals surface area contributed by atoms with Crippen molar-refractivity contribution in [3.05, 3.63) is 35.9 Å². The Balaban J connectivity index is 2.28. The number of ether oxygens (including phenoxy) is 1. The van der Waals surface area contributed by atoms with E-state index in [-0.39, 0.29) is 11.0 Å². The topological polar surface area (TPSA) is 52.3 Å². The number of hydrogen-bond donors (Lipinski definition) is 1. The molecule has 0 spiro atoms. The minimum Gasteiger partial charge on any atom is -0.379 e. The Hall–Kier alpha value is -0.840. The van der Waals surface area contributed by atoms with Crippen LogP contribution in [0.5, 0.6) is 0 Å². The van der Waals surface area contributed by atoms with Crippen molar-refractivity contribution in [1.29, 1.82) is 0 Å². The maximum atomic E-state index is 12.0. The number of Topliss-reactive ketones (excluding diaryl/α,β-unsaturated/α-hetero) is 1. The van der Waals surface area contributed by atoms with Crippen molar-refractivity contribution in [2.24, 2.45) is 5.73 Å². The molecule has 0 aromatic heterocycles. The van der Waals surface area contributed by atoms with Gasteiger partial charge < -0.3 is 10.5 Å². The lowest BCUT2D eigenvalue weighted by Crippen LogP contribution is -2.16. The largest absolute Gasteiger partial charge is 0.379 e. The van der Waals surface area contributed by atoms with Gasteiger partial charge in [0.15, 0.2) is 5.78 Å². The van der Waals surface area contributed by atoms with Gasteiger partial charge in [0.05, 0.1) is 18.5 Å². The third-order valence-corrected chi connectivity index (χ3v) is 3.40. The molecule has 0 saturated heterocycles. The smallest absolute Gasteiger partial charge is 0.175 e. The van der Waals surface area contributed by atoms with Crippen LogP contribution >= 0.6 is 11.8 Å². The Labute approximate surface area is 107 Å². The first-order valence-corrected chi connectivity index (χ1v) is 6.79. The molecule has 1 aromatic carbocycles. The highest BCUT2D eigenvalue weighted by Crippen LogP contribution is 2.15. The van der Waals surface area contributed by atoms with Gasteiger partial charge in [-0.1, -0.05) is 30.3 Å². The molecule has 0 bridgehead atoms. The zero-order chi connectivity index (χ0) is 12.5. The number of benzene rings is 1. The molecule has 4 heteroatoms. The van der Waals surface area contributed by atoms with E-state index in [4.69, 9.17) is 10.5 Å². The lowest BCUT2D eigenvalue weighted by Gasteiger charge is -2.10. The molecule has 3 nitrogen and oxygen atoms in total. The summed E-state index contributed by atoms with van der Waals surface area (Å²) in [4.78, 5) is 12.0. The molecule has 0 saturated carbocycles. The fraction of sp³-hybridized carbons (Fsp3) is 0.462. The van der Waals surface area contributed by atoms with Gasteiger partial charge in [-0.3, -0.25) is 4.79 Å². The minimum absolute atomic E-state index is 0.0288. The Morgan fingerprint density at radius 3 is 2.71 bits per heavy atom. The SMILES string of the molecule is CC(SCCOCCN)C(=O)c1ccccc1. The average Bonchev–Trinajstić information content (AvgIpc) is 2.38. The number of carbonyl (C=O) groups excluding carboxylic acids is 1. The van der Waals surface area contributed by atoms with Crippen molar-refractivity contribution in [1.82, 2.24) is 0 Å². The molecule has 1 atom stereocenters. The molecule has 0 radical (unpaired) electrons. The number of nitrogens with two attached hydrogens (primary N) is 1. The highest BCUT2D eigenvalue weighted by atomic mass is 32.2. The molecule has 2 N–H and O–H groups in total. The van der Waals surface area contributed by atoms with E-state index in [9.17, 15) is 4.79 Å². The Bertz CT molecular complexity index is 329. The van der Waals surface area contributed by atoms with Crippen LogP contribution in [-0.2, 0) is 4.74 Å². The van der Waals surface area contributed by atoms with E-state index in [1.807, 2.05) is 37.3 Å². The summed E-state index contributed by atoms with van der Waals surface area (Å²) in [5.41, 5.74) is 6.08. The van der Waals surface area contributed by atoms with Crippen LogP contribution in [0.3, 0.4) is 0 Å². The molecular weight excluding hydrogens is 234 g/mol. The molecule has 0 heterocycles. The Morgan fingerprint density at radius 2 is 2.06 bits per heavy atom. The maximum Gasteiger partial charge on any atom is 0.175 e. The van der Waals surface area contributed by atoms with Crippen molar-refractivity contribution in [2.45, 2.75) is 12.2 Å². The molecule has 0 aliphatic rings. The van der Waals surface area contributed by atoms with Crippen molar-refractivity contribution >= 4 is 17.5 Å². The van der Waals surface area contributed by atoms with Gasteiger partial charge in [-0.05, 0) is 6.92 Å². The molecular formula is C13H19NO2S. The molecule has 0 amide bonds. The molecule has 1 rings (SSSR count). The Kier molecular flexibility index (Phi) is 6.93. The lowest BCUT2D eigenvalue weighted by molar-refractivity contribution is 0.0993. The summed E-state index contributed by atoms with van der Waals surface area (Å²) in [7, 11) is 0. The third-order valence-electron chi connectivity index (χ3n) is 2.29. The van der Waals surface area contributed by atoms with Crippen LogP contribution in [0, 0.1) is 0 Å². The predicted molar refractivity (Wildman–Crippen MR) is 72.6 cm³/mol. The van der Waals surface area contributed by atoms with Gasteiger partial charge in [-0.25, -0.2) is 0 Å². The normalized spacial score (nSPS) is 12.4. The first-order chi connectivity index (χ1) is 8.25. The average molecular weight is 253 g/mol. The zero-order valence-electron chi connectivity index (χ0n) is 10.1. The highest BCUT2D eigenvalue weighted by Gasteiger charge is 2.14. The second-order valence-electron chi connectivity index (χ2n) is 3.64. The van der Waals surface area contributed by atoms with Crippen LogP contribution in [0.4, 0.5) is 0 Å². The van der Waals surface area contributed by atoms with E-state index in [0.717, 1.165) is 11.3 Å². The lowest BCUT2D eigenvalue weighted by atomic mass is 10.1. The summed E-state index contributed by atoms with van der Waals surface area (Å²) in [6.45, 7) is 3.71. The van der Waals surface area contributed by atoms with Gasteiger partial charge in [0.1, 0.15) is 0 Å². The predicted octanol–water partition coefficient (Wildman–Crippen LogP) is 1.97. The van der Waals surface area contributed by atoms with Gasteiger partial charge in [0.2, 0.25) is 0 Å². The highest BCUT2D eigenvalue weighted by molar-refractivity contribution is 8.00. The van der Waals surface area contributed by atoms with Crippen molar-refractivity contribution < 1.29 is 9.53 Å². The molecule has 1 aromatic rings. The second-order valence-corrected chi connectivity index (χ2v) is 5.09. The number of carbonyl (C=O) groups is 1. The molecule has 0 aliphatic heterocycles. The van der Waals surface area contributed by atoms with Crippen molar-refractivity contribution in [3.8, 4) is 0 Å². The third kappa shape index (κ3) is 5.35. The van der Waals surface area contributed by atoms with E-state index in [1.54, 1.807) is 11.8 Å². The van der Waals surface area contributed by atoms with E-state index in [0.29, 0.717) is 19.8 Å². The minimum atomic E-state index is -0.0288. The monoisotopic (exact) mass is 253 g/mol. The molecule has 0 aliphatic carbocycles. The van der Waals surface area contributed by atoms with E-state index in [1.165, 1.54) is 0 Å². The van der Waals surface area contributed by atoms with E-state index < -0.39 is 0 Å². The molecule has 0 fully saturated rings. The van der Waals surface area contributed by atoms with Crippen LogP contribution in [0.1, 0.15) is 17.3 Å². The Morgan fingerprint density at radius 1 is 1.35 bits per heavy atom. The van der Waals surface area contributed by atoms with Gasteiger partial charge in [-0.15, -0.1) is 11.8 Å². The van der Waals surface area contributed by atoms with Crippen LogP contribution in [-0.4, -0.2) is 36.5 Å². The zero-order valence-corrected chi connectivity index (χ0v) is 10.9. The van der Waals surface area contributed by atoms with Crippen LogP contribution in [0.2, 0.25) is 0 Å². The summed E-state index contributed by atoms with van der Waals surface area (Å²) in [6, 6.07) is 9.38. The standard InChI is InChI=1S/C13H19NO2S/c1-11(17-10-9-16-8-7-14)13(15)12-5-3-2-4-6-12/h2-6,11H,7-10,14H2,1H3. The van der Waals surface area contributed by atoms with Gasteiger partial charge in [0.25, 0.3) is 0 Å². The fourth-order valence-corrected chi connectivity index (χ4v) is 2.24. The summed E-state index contributed by atoms with van der Waals surface area (Å²) in [5, 5.41) is -0.0288. The molecule has 94 valence electrons. The summed E-state index contributed by atoms with van der Waals surface area (Å²) in [6.07, 6.45) is 0. The first kappa shape index (κ1) is 14.2. The quantitative estimate of drug-likeness (QED) is 0.568. The number of hydrogen-bond acceptors (Lipinski definition) is 4. The number of rotatable bonds is 8. The second kappa shape index (κ2) is 8.28. The number of ketones is 1. The van der Waals surface area contributed by atoms with Gasteiger partial charge in [0, 0.05) is 17.9 Å². The van der Waals surface area contributed by atoms with Gasteiger partial charge >= 0.3 is 0 Å². The first-order valence-electron chi connectivity index (χ1n) is 5.74. The maximum absolute atomic E-state index is 12.0. The summed E-state index contributed by atoms with van der Waals surface area (Å²) >= 11 is 1.61. The number of thioether (sulfide) groups is 1. The van der Waals surface area contributed by atoms with E-state index in [2.05, 4.69) is 0 Å². The summed E-state index contributed by atoms with van der Waals surface area (Å²) < 4.78 is 5.26. The van der Waals surface area contributed by atoms with Crippen molar-refractivity contribution in [2.75, 3.05) is 25.5 Å². The van der Waals surface area contributed by atoms with Crippen LogP contribution in [0.15, 0.2) is 30.3 Å². The van der Waals surface area contributed by atoms with Crippen LogP contribution in [0.25, 0.3) is 0 Å². The van der Waals surface area contributed by atoms with Crippen LogP contribution < -0.4 is 5.73 Å². The molecule has 17 heavy (non-hydrogen) atoms. The van der Waals surface area contributed by atoms with Gasteiger partial charge in [-0.2, -0.15) is 0 Å². The van der Waals surface area contributed by atoms with Crippen molar-refractivity contribution in [3.63, 3.8) is 0 Å². The molecule has 1 unspecified atom stereocenters. The fourth-order valence-electron chi connectivity index (χ4n) is 1.38.